The summed E-state index contributed by atoms with van der Waals surface area (Å²) in [6, 6.07) is 3.51. The molecule has 1 saturated carbocycles. The van der Waals surface area contributed by atoms with Crippen molar-refractivity contribution in [2.45, 2.75) is 25.3 Å². The fraction of sp³-hybridized carbons (Fsp3) is 0.429. The molecular weight excluding hydrogens is 285 g/mol. The van der Waals surface area contributed by atoms with Crippen LogP contribution >= 0.6 is 11.6 Å². The van der Waals surface area contributed by atoms with Crippen LogP contribution in [-0.4, -0.2) is 35.0 Å². The first-order valence-corrected chi connectivity index (χ1v) is 6.65. The van der Waals surface area contributed by atoms with Gasteiger partial charge in [0.15, 0.2) is 0 Å². The van der Waals surface area contributed by atoms with E-state index in [1.54, 1.807) is 6.07 Å². The summed E-state index contributed by atoms with van der Waals surface area (Å²) in [5.74, 6) is -2.44. The molecule has 4 nitrogen and oxygen atoms in total. The number of nitrogens with zero attached hydrogens (tertiary/aromatic N) is 1. The van der Waals surface area contributed by atoms with E-state index in [1.807, 2.05) is 0 Å². The van der Waals surface area contributed by atoms with Crippen LogP contribution in [0.25, 0.3) is 0 Å². The van der Waals surface area contributed by atoms with Crippen molar-refractivity contribution in [3.8, 4) is 0 Å². The molecule has 2 rings (SSSR count). The summed E-state index contributed by atoms with van der Waals surface area (Å²) in [5, 5.41) is 9.20. The molecule has 3 atom stereocenters. The molecule has 0 heterocycles. The molecule has 1 amide bonds. The molecule has 0 spiro atoms. The third-order valence-corrected chi connectivity index (χ3v) is 4.09. The van der Waals surface area contributed by atoms with Crippen LogP contribution in [0.2, 0.25) is 5.02 Å². The summed E-state index contributed by atoms with van der Waals surface area (Å²) >= 11 is 5.97. The van der Waals surface area contributed by atoms with Crippen molar-refractivity contribution in [2.24, 2.45) is 5.92 Å². The second kappa shape index (κ2) is 5.40. The Labute approximate surface area is 121 Å². The molecule has 1 aromatic carbocycles. The highest BCUT2D eigenvalue weighted by molar-refractivity contribution is 6.31. The molecule has 1 aromatic rings. The van der Waals surface area contributed by atoms with Crippen molar-refractivity contribution in [2.75, 3.05) is 7.05 Å². The van der Waals surface area contributed by atoms with Gasteiger partial charge in [-0.2, -0.15) is 0 Å². The first kappa shape index (κ1) is 14.8. The maximum Gasteiger partial charge on any atom is 0.326 e. The topological polar surface area (TPSA) is 57.6 Å². The predicted octanol–water partition coefficient (Wildman–Crippen LogP) is 2.51. The normalized spacial score (nSPS) is 22.2. The number of aliphatic carboxylic acids is 1. The smallest absolute Gasteiger partial charge is 0.326 e. The van der Waals surface area contributed by atoms with E-state index >= 15 is 0 Å². The molecule has 20 heavy (non-hydrogen) atoms. The fourth-order valence-electron chi connectivity index (χ4n) is 2.27. The van der Waals surface area contributed by atoms with Crippen molar-refractivity contribution in [3.63, 3.8) is 0 Å². The maximum absolute atomic E-state index is 13.8. The van der Waals surface area contributed by atoms with E-state index < -0.39 is 23.7 Å². The van der Waals surface area contributed by atoms with Crippen LogP contribution in [0, 0.1) is 11.7 Å². The summed E-state index contributed by atoms with van der Waals surface area (Å²) in [5.41, 5.74) is 0.351. The lowest BCUT2D eigenvalue weighted by atomic mass is 10.1. The van der Waals surface area contributed by atoms with Crippen LogP contribution in [0.1, 0.15) is 24.8 Å². The third kappa shape index (κ3) is 2.63. The standard InChI is InChI=1S/C14H15ClFNO3/c1-7(14(19)20)17(2)13(18)9-6-8(9)12-10(15)4-3-5-11(12)16/h3-5,7-9H,6H2,1-2H3,(H,19,20)/t7-,8+,9-/m1/s1. The van der Waals surface area contributed by atoms with E-state index in [-0.39, 0.29) is 11.8 Å². The van der Waals surface area contributed by atoms with Gasteiger partial charge in [0.25, 0.3) is 0 Å². The van der Waals surface area contributed by atoms with Gasteiger partial charge in [0.1, 0.15) is 11.9 Å². The van der Waals surface area contributed by atoms with Gasteiger partial charge >= 0.3 is 5.97 Å². The van der Waals surface area contributed by atoms with E-state index in [0.717, 1.165) is 0 Å². The lowest BCUT2D eigenvalue weighted by Gasteiger charge is -2.21. The van der Waals surface area contributed by atoms with E-state index in [2.05, 4.69) is 0 Å². The summed E-state index contributed by atoms with van der Waals surface area (Å²) in [4.78, 5) is 24.2. The van der Waals surface area contributed by atoms with Crippen LogP contribution in [0.4, 0.5) is 4.39 Å². The van der Waals surface area contributed by atoms with Gasteiger partial charge in [0.2, 0.25) is 5.91 Å². The lowest BCUT2D eigenvalue weighted by Crippen LogP contribution is -2.41. The van der Waals surface area contributed by atoms with Gasteiger partial charge < -0.3 is 10.0 Å². The molecule has 108 valence electrons. The van der Waals surface area contributed by atoms with Crippen molar-refractivity contribution in [3.05, 3.63) is 34.6 Å². The second-order valence-electron chi connectivity index (χ2n) is 5.05. The first-order valence-electron chi connectivity index (χ1n) is 6.28. The van der Waals surface area contributed by atoms with E-state index in [0.29, 0.717) is 17.0 Å². The number of amides is 1. The van der Waals surface area contributed by atoms with Gasteiger partial charge in [-0.05, 0) is 25.5 Å². The molecule has 1 aliphatic carbocycles. The number of carbonyl (C=O) groups is 2. The number of carbonyl (C=O) groups excluding carboxylic acids is 1. The molecule has 1 fully saturated rings. The van der Waals surface area contributed by atoms with Gasteiger partial charge in [-0.25, -0.2) is 9.18 Å². The number of halogens is 2. The van der Waals surface area contributed by atoms with Crippen molar-refractivity contribution in [1.82, 2.24) is 4.90 Å². The zero-order valence-electron chi connectivity index (χ0n) is 11.1. The maximum atomic E-state index is 13.8. The highest BCUT2D eigenvalue weighted by Crippen LogP contribution is 2.51. The number of benzene rings is 1. The monoisotopic (exact) mass is 299 g/mol. The molecule has 1 N–H and O–H groups in total. The predicted molar refractivity (Wildman–Crippen MR) is 72.1 cm³/mol. The van der Waals surface area contributed by atoms with Gasteiger partial charge in [0, 0.05) is 29.5 Å². The Balaban J connectivity index is 2.12. The minimum atomic E-state index is -1.07. The van der Waals surface area contributed by atoms with Gasteiger partial charge in [-0.3, -0.25) is 4.79 Å². The van der Waals surface area contributed by atoms with E-state index in [1.165, 1.54) is 31.0 Å². The Morgan fingerprint density at radius 2 is 2.15 bits per heavy atom. The zero-order valence-corrected chi connectivity index (χ0v) is 11.9. The van der Waals surface area contributed by atoms with Crippen LogP contribution in [0.3, 0.4) is 0 Å². The Hall–Kier alpha value is -1.62. The van der Waals surface area contributed by atoms with Crippen LogP contribution in [0.5, 0.6) is 0 Å². The summed E-state index contributed by atoms with van der Waals surface area (Å²) in [6.07, 6.45) is 0.496. The van der Waals surface area contributed by atoms with Crippen LogP contribution < -0.4 is 0 Å². The van der Waals surface area contributed by atoms with E-state index in [9.17, 15) is 14.0 Å². The van der Waals surface area contributed by atoms with Crippen LogP contribution in [-0.2, 0) is 9.59 Å². The third-order valence-electron chi connectivity index (χ3n) is 3.76. The molecular formula is C14H15ClFNO3. The molecule has 1 aliphatic rings. The van der Waals surface area contributed by atoms with E-state index in [4.69, 9.17) is 16.7 Å². The summed E-state index contributed by atoms with van der Waals surface area (Å²) in [7, 11) is 1.44. The fourth-order valence-corrected chi connectivity index (χ4v) is 2.57. The number of hydrogen-bond donors (Lipinski definition) is 1. The van der Waals surface area contributed by atoms with Gasteiger partial charge in [-0.1, -0.05) is 17.7 Å². The number of likely N-dealkylation sites (N-methyl/N-ethyl adjacent to an activating group) is 1. The molecule has 0 unspecified atom stereocenters. The van der Waals surface area contributed by atoms with Crippen molar-refractivity contribution in [1.29, 1.82) is 0 Å². The number of carboxylic acid groups (broad SMARTS) is 1. The number of rotatable bonds is 4. The van der Waals surface area contributed by atoms with Gasteiger partial charge in [-0.15, -0.1) is 0 Å². The molecule has 6 heteroatoms. The number of hydrogen-bond acceptors (Lipinski definition) is 2. The second-order valence-corrected chi connectivity index (χ2v) is 5.45. The molecule has 0 aromatic heterocycles. The Morgan fingerprint density at radius 3 is 2.70 bits per heavy atom. The minimum absolute atomic E-state index is 0.264. The summed E-state index contributed by atoms with van der Waals surface area (Å²) < 4.78 is 13.8. The molecule has 0 radical (unpaired) electrons. The molecule has 0 bridgehead atoms. The lowest BCUT2D eigenvalue weighted by molar-refractivity contribution is -0.148. The summed E-state index contributed by atoms with van der Waals surface area (Å²) in [6.45, 7) is 1.44. The Morgan fingerprint density at radius 1 is 1.50 bits per heavy atom. The minimum Gasteiger partial charge on any atom is -0.480 e. The average molecular weight is 300 g/mol. The quantitative estimate of drug-likeness (QED) is 0.929. The van der Waals surface area contributed by atoms with Crippen molar-refractivity contribution >= 4 is 23.5 Å². The highest BCUT2D eigenvalue weighted by Gasteiger charge is 2.48. The molecule has 0 saturated heterocycles. The SMILES string of the molecule is C[C@H](C(=O)O)N(C)C(=O)[C@@H]1C[C@@H]1c1c(F)cccc1Cl. The molecule has 0 aliphatic heterocycles. The largest absolute Gasteiger partial charge is 0.480 e. The average Bonchev–Trinajstić information content (AvgIpc) is 3.16. The van der Waals surface area contributed by atoms with Crippen LogP contribution in [0.15, 0.2) is 18.2 Å². The Bertz CT molecular complexity index is 543. The number of carboxylic acids is 1. The van der Waals surface area contributed by atoms with Crippen molar-refractivity contribution < 1.29 is 19.1 Å². The zero-order chi connectivity index (χ0) is 15.0. The highest BCUT2D eigenvalue weighted by atomic mass is 35.5. The Kier molecular flexibility index (Phi) is 3.99. The first-order chi connectivity index (χ1) is 9.34. The van der Waals surface area contributed by atoms with Gasteiger partial charge in [0.05, 0.1) is 0 Å².